The summed E-state index contributed by atoms with van der Waals surface area (Å²) in [5.74, 6) is 0.132. The van der Waals surface area contributed by atoms with Crippen LogP contribution in [0.25, 0.3) is 0 Å². The molecule has 3 nitrogen and oxygen atoms in total. The van der Waals surface area contributed by atoms with Crippen LogP contribution in [0.2, 0.25) is 0 Å². The highest BCUT2D eigenvalue weighted by atomic mass is 16.1. The number of rotatable bonds is 5. The summed E-state index contributed by atoms with van der Waals surface area (Å²) in [6.45, 7) is 8.37. The third kappa shape index (κ3) is 4.31. The van der Waals surface area contributed by atoms with Crippen LogP contribution in [-0.2, 0) is 4.79 Å². The lowest BCUT2D eigenvalue weighted by atomic mass is 10.00. The number of benzene rings is 1. The molecule has 0 aromatic heterocycles. The number of anilines is 1. The number of hydrogen-bond donors (Lipinski definition) is 1. The molecule has 0 radical (unpaired) electrons. The minimum Gasteiger partial charge on any atom is -0.326 e. The number of likely N-dealkylation sites (tertiary alicyclic amines) is 1. The first kappa shape index (κ1) is 16.0. The Morgan fingerprint density at radius 2 is 2.00 bits per heavy atom. The smallest absolute Gasteiger partial charge is 0.225 e. The zero-order valence-electron chi connectivity index (χ0n) is 13.6. The molecule has 116 valence electrons. The van der Waals surface area contributed by atoms with Crippen LogP contribution in [-0.4, -0.2) is 29.9 Å². The SMILES string of the molecule is CCC1CCCCN1CCC(=O)Nc1c(C)cccc1C. The highest BCUT2D eigenvalue weighted by Gasteiger charge is 2.21. The summed E-state index contributed by atoms with van der Waals surface area (Å²) in [4.78, 5) is 14.7. The van der Waals surface area contributed by atoms with Crippen LogP contribution in [0.3, 0.4) is 0 Å². The third-order valence-corrected chi connectivity index (χ3v) is 4.59. The van der Waals surface area contributed by atoms with Gasteiger partial charge in [-0.15, -0.1) is 0 Å². The van der Waals surface area contributed by atoms with Crippen molar-refractivity contribution in [3.05, 3.63) is 29.3 Å². The summed E-state index contributed by atoms with van der Waals surface area (Å²) in [7, 11) is 0. The predicted octanol–water partition coefficient (Wildman–Crippen LogP) is 3.90. The molecule has 1 aromatic rings. The van der Waals surface area contributed by atoms with E-state index < -0.39 is 0 Å². The summed E-state index contributed by atoms with van der Waals surface area (Å²) in [5, 5.41) is 3.09. The lowest BCUT2D eigenvalue weighted by Gasteiger charge is -2.35. The van der Waals surface area contributed by atoms with Crippen LogP contribution >= 0.6 is 0 Å². The Hall–Kier alpha value is -1.35. The van der Waals surface area contributed by atoms with Gasteiger partial charge in [-0.2, -0.15) is 0 Å². The molecule has 1 aliphatic rings. The highest BCUT2D eigenvalue weighted by molar-refractivity contribution is 5.92. The molecule has 3 heteroatoms. The molecule has 21 heavy (non-hydrogen) atoms. The van der Waals surface area contributed by atoms with Gasteiger partial charge in [0.2, 0.25) is 5.91 Å². The molecule has 1 saturated heterocycles. The summed E-state index contributed by atoms with van der Waals surface area (Å²) in [6, 6.07) is 6.78. The van der Waals surface area contributed by atoms with E-state index in [1.54, 1.807) is 0 Å². The minimum atomic E-state index is 0.132. The van der Waals surface area contributed by atoms with Crippen molar-refractivity contribution in [2.45, 2.75) is 58.9 Å². The molecule has 1 amide bonds. The molecule has 1 unspecified atom stereocenters. The van der Waals surface area contributed by atoms with Gasteiger partial charge in [0.15, 0.2) is 0 Å². The number of amides is 1. The second-order valence-electron chi connectivity index (χ2n) is 6.16. The fraction of sp³-hybridized carbons (Fsp3) is 0.611. The van der Waals surface area contributed by atoms with Gasteiger partial charge in [-0.1, -0.05) is 31.5 Å². The van der Waals surface area contributed by atoms with E-state index in [1.165, 1.54) is 25.7 Å². The Morgan fingerprint density at radius 1 is 1.29 bits per heavy atom. The van der Waals surface area contributed by atoms with Crippen LogP contribution in [0.15, 0.2) is 18.2 Å². The molecule has 0 bridgehead atoms. The molecule has 2 rings (SSSR count). The van der Waals surface area contributed by atoms with Crippen molar-refractivity contribution in [1.29, 1.82) is 0 Å². The van der Waals surface area contributed by atoms with E-state index in [4.69, 9.17) is 0 Å². The van der Waals surface area contributed by atoms with Crippen molar-refractivity contribution >= 4 is 11.6 Å². The van der Waals surface area contributed by atoms with Gasteiger partial charge in [0.05, 0.1) is 0 Å². The summed E-state index contributed by atoms with van der Waals surface area (Å²) < 4.78 is 0. The van der Waals surface area contributed by atoms with E-state index in [0.29, 0.717) is 12.5 Å². The Balaban J connectivity index is 1.87. The monoisotopic (exact) mass is 288 g/mol. The van der Waals surface area contributed by atoms with Crippen molar-refractivity contribution in [2.24, 2.45) is 0 Å². The molecule has 1 atom stereocenters. The molecule has 1 N–H and O–H groups in total. The zero-order chi connectivity index (χ0) is 15.2. The molecule has 1 heterocycles. The van der Waals surface area contributed by atoms with E-state index in [0.717, 1.165) is 29.9 Å². The number of para-hydroxylation sites is 1. The number of carbonyl (C=O) groups is 1. The van der Waals surface area contributed by atoms with E-state index in [9.17, 15) is 4.79 Å². The normalized spacial score (nSPS) is 19.5. The predicted molar refractivity (Wildman–Crippen MR) is 88.7 cm³/mol. The van der Waals surface area contributed by atoms with Crippen LogP contribution in [0.5, 0.6) is 0 Å². The standard InChI is InChI=1S/C18H28N2O/c1-4-16-10-5-6-12-20(16)13-11-17(21)19-18-14(2)8-7-9-15(18)3/h7-9,16H,4-6,10-13H2,1-3H3,(H,19,21). The maximum atomic E-state index is 12.2. The van der Waals surface area contributed by atoms with Gasteiger partial charge in [0.1, 0.15) is 0 Å². The maximum absolute atomic E-state index is 12.2. The molecule has 0 saturated carbocycles. The fourth-order valence-electron chi connectivity index (χ4n) is 3.28. The van der Waals surface area contributed by atoms with Crippen molar-refractivity contribution in [1.82, 2.24) is 4.90 Å². The number of nitrogens with one attached hydrogen (secondary N) is 1. The Kier molecular flexibility index (Phi) is 5.80. The minimum absolute atomic E-state index is 0.132. The summed E-state index contributed by atoms with van der Waals surface area (Å²) in [5.41, 5.74) is 3.24. The van der Waals surface area contributed by atoms with Gasteiger partial charge >= 0.3 is 0 Å². The Labute approximate surface area is 128 Å². The zero-order valence-corrected chi connectivity index (χ0v) is 13.6. The van der Waals surface area contributed by atoms with E-state index >= 15 is 0 Å². The van der Waals surface area contributed by atoms with Gasteiger partial charge in [-0.25, -0.2) is 0 Å². The third-order valence-electron chi connectivity index (χ3n) is 4.59. The Bertz CT molecular complexity index is 464. The molecule has 0 aliphatic carbocycles. The molecule has 0 spiro atoms. The average Bonchev–Trinajstić information content (AvgIpc) is 2.49. The molecule has 1 fully saturated rings. The first-order valence-electron chi connectivity index (χ1n) is 8.22. The van der Waals surface area contributed by atoms with Gasteiger partial charge in [-0.05, 0) is 50.8 Å². The van der Waals surface area contributed by atoms with Gasteiger partial charge < -0.3 is 5.32 Å². The summed E-state index contributed by atoms with van der Waals surface area (Å²) >= 11 is 0. The molecule has 1 aromatic carbocycles. The van der Waals surface area contributed by atoms with Crippen LogP contribution in [0.1, 0.15) is 50.2 Å². The average molecular weight is 288 g/mol. The number of nitrogens with zero attached hydrogens (tertiary/aromatic N) is 1. The number of hydrogen-bond acceptors (Lipinski definition) is 2. The highest BCUT2D eigenvalue weighted by Crippen LogP contribution is 2.21. The maximum Gasteiger partial charge on any atom is 0.225 e. The quantitative estimate of drug-likeness (QED) is 0.891. The van der Waals surface area contributed by atoms with Crippen LogP contribution in [0.4, 0.5) is 5.69 Å². The second kappa shape index (κ2) is 7.60. The van der Waals surface area contributed by atoms with Crippen LogP contribution < -0.4 is 5.32 Å². The van der Waals surface area contributed by atoms with Gasteiger partial charge in [0, 0.05) is 24.7 Å². The van der Waals surface area contributed by atoms with Crippen molar-refractivity contribution in [3.8, 4) is 0 Å². The van der Waals surface area contributed by atoms with Crippen LogP contribution in [0, 0.1) is 13.8 Å². The number of carbonyl (C=O) groups excluding carboxylic acids is 1. The first-order chi connectivity index (χ1) is 10.1. The lowest BCUT2D eigenvalue weighted by molar-refractivity contribution is -0.116. The van der Waals surface area contributed by atoms with Crippen molar-refractivity contribution < 1.29 is 4.79 Å². The molecule has 1 aliphatic heterocycles. The van der Waals surface area contributed by atoms with E-state index in [2.05, 4.69) is 17.1 Å². The van der Waals surface area contributed by atoms with Gasteiger partial charge in [0.25, 0.3) is 0 Å². The van der Waals surface area contributed by atoms with Crippen molar-refractivity contribution in [2.75, 3.05) is 18.4 Å². The molecular weight excluding hydrogens is 260 g/mol. The number of piperidine rings is 1. The Morgan fingerprint density at radius 3 is 2.67 bits per heavy atom. The van der Waals surface area contributed by atoms with E-state index in [1.807, 2.05) is 32.0 Å². The van der Waals surface area contributed by atoms with Crippen molar-refractivity contribution in [3.63, 3.8) is 0 Å². The second-order valence-corrected chi connectivity index (χ2v) is 6.16. The lowest BCUT2D eigenvalue weighted by Crippen LogP contribution is -2.40. The summed E-state index contributed by atoms with van der Waals surface area (Å²) in [6.07, 6.45) is 5.68. The number of aryl methyl sites for hydroxylation is 2. The molecular formula is C18H28N2O. The van der Waals surface area contributed by atoms with E-state index in [-0.39, 0.29) is 5.91 Å². The largest absolute Gasteiger partial charge is 0.326 e. The topological polar surface area (TPSA) is 32.3 Å². The fourth-order valence-corrected chi connectivity index (χ4v) is 3.28. The first-order valence-corrected chi connectivity index (χ1v) is 8.22. The van der Waals surface area contributed by atoms with Gasteiger partial charge in [-0.3, -0.25) is 9.69 Å².